The Morgan fingerprint density at radius 1 is 1.35 bits per heavy atom. The molecule has 3 rings (SSSR count). The van der Waals surface area contributed by atoms with Crippen molar-refractivity contribution in [1.29, 1.82) is 0 Å². The normalized spacial score (nSPS) is 10.7. The molecule has 0 saturated heterocycles. The Kier molecular flexibility index (Phi) is 3.08. The van der Waals surface area contributed by atoms with E-state index < -0.39 is 5.91 Å². The first-order chi connectivity index (χ1) is 9.63. The molecule has 0 radical (unpaired) electrons. The van der Waals surface area contributed by atoms with Crippen molar-refractivity contribution < 1.29 is 4.79 Å². The lowest BCUT2D eigenvalue weighted by Crippen LogP contribution is -2.21. The summed E-state index contributed by atoms with van der Waals surface area (Å²) >= 11 is 1.50. The highest BCUT2D eigenvalue weighted by Gasteiger charge is 2.11. The van der Waals surface area contributed by atoms with Gasteiger partial charge in [0.25, 0.3) is 5.91 Å². The summed E-state index contributed by atoms with van der Waals surface area (Å²) in [5, 5.41) is 2.72. The number of pyridine rings is 1. The van der Waals surface area contributed by atoms with Crippen molar-refractivity contribution in [3.05, 3.63) is 57.5 Å². The van der Waals surface area contributed by atoms with Crippen molar-refractivity contribution in [3.8, 4) is 0 Å². The third kappa shape index (κ3) is 2.33. The summed E-state index contributed by atoms with van der Waals surface area (Å²) in [5.41, 5.74) is 3.81. The molecule has 0 spiro atoms. The summed E-state index contributed by atoms with van der Waals surface area (Å²) < 4.78 is 0.987. The van der Waals surface area contributed by atoms with Gasteiger partial charge in [-0.3, -0.25) is 9.59 Å². The monoisotopic (exact) mass is 285 g/mol. The molecule has 0 saturated carbocycles. The standard InChI is InChI=1S/C14H11N3O2S/c1-8-4-12(18)10(6-15-8)14(19)17-9-2-3-11-13(5-9)20-7-16-11/h2-7H,1H3,(H,15,18)(H,17,19). The Bertz CT molecular complexity index is 851. The number of nitrogens with zero attached hydrogens (tertiary/aromatic N) is 1. The summed E-state index contributed by atoms with van der Waals surface area (Å²) in [6.45, 7) is 1.76. The highest BCUT2D eigenvalue weighted by Crippen LogP contribution is 2.21. The third-order valence-electron chi connectivity index (χ3n) is 2.89. The highest BCUT2D eigenvalue weighted by atomic mass is 32.1. The van der Waals surface area contributed by atoms with Crippen LogP contribution in [0.4, 0.5) is 5.69 Å². The van der Waals surface area contributed by atoms with Crippen molar-refractivity contribution in [2.75, 3.05) is 5.32 Å². The maximum atomic E-state index is 12.1. The van der Waals surface area contributed by atoms with Gasteiger partial charge in [-0.15, -0.1) is 11.3 Å². The number of nitrogens with one attached hydrogen (secondary N) is 2. The van der Waals surface area contributed by atoms with Gasteiger partial charge in [-0.25, -0.2) is 4.98 Å². The van der Waals surface area contributed by atoms with E-state index in [0.717, 1.165) is 15.9 Å². The predicted octanol–water partition coefficient (Wildman–Crippen LogP) is 2.55. The fourth-order valence-electron chi connectivity index (χ4n) is 1.88. The second kappa shape index (κ2) is 4.90. The second-order valence-corrected chi connectivity index (χ2v) is 5.27. The van der Waals surface area contributed by atoms with Crippen molar-refractivity contribution in [1.82, 2.24) is 9.97 Å². The largest absolute Gasteiger partial charge is 0.364 e. The molecule has 100 valence electrons. The van der Waals surface area contributed by atoms with E-state index in [1.165, 1.54) is 23.6 Å². The van der Waals surface area contributed by atoms with Gasteiger partial charge in [-0.05, 0) is 25.1 Å². The summed E-state index contributed by atoms with van der Waals surface area (Å²) in [6, 6.07) is 6.84. The van der Waals surface area contributed by atoms with Crippen molar-refractivity contribution in [2.24, 2.45) is 0 Å². The molecule has 3 aromatic rings. The lowest BCUT2D eigenvalue weighted by atomic mass is 10.2. The molecule has 0 aliphatic carbocycles. The quantitative estimate of drug-likeness (QED) is 0.759. The maximum absolute atomic E-state index is 12.1. The van der Waals surface area contributed by atoms with Gasteiger partial charge in [0.2, 0.25) is 0 Å². The molecule has 0 bridgehead atoms. The third-order valence-corrected chi connectivity index (χ3v) is 3.68. The van der Waals surface area contributed by atoms with Crippen molar-refractivity contribution in [3.63, 3.8) is 0 Å². The number of aromatic amines is 1. The summed E-state index contributed by atoms with van der Waals surface area (Å²) in [6.07, 6.45) is 1.43. The number of H-pyrrole nitrogens is 1. The molecule has 0 unspecified atom stereocenters. The first kappa shape index (κ1) is 12.6. The molecule has 2 N–H and O–H groups in total. The number of rotatable bonds is 2. The van der Waals surface area contributed by atoms with Crippen LogP contribution in [-0.2, 0) is 0 Å². The minimum atomic E-state index is -0.421. The Labute approximate surface area is 118 Å². The van der Waals surface area contributed by atoms with Crippen LogP contribution in [0.2, 0.25) is 0 Å². The molecule has 0 aliphatic heterocycles. The van der Waals surface area contributed by atoms with Crippen LogP contribution in [-0.4, -0.2) is 15.9 Å². The minimum absolute atomic E-state index is 0.0972. The number of amides is 1. The van der Waals surface area contributed by atoms with E-state index in [1.807, 2.05) is 12.1 Å². The molecule has 1 amide bonds. The number of benzene rings is 1. The zero-order valence-electron chi connectivity index (χ0n) is 10.6. The lowest BCUT2D eigenvalue weighted by Gasteiger charge is -2.05. The molecule has 20 heavy (non-hydrogen) atoms. The van der Waals surface area contributed by atoms with Crippen LogP contribution in [0, 0.1) is 6.92 Å². The summed E-state index contributed by atoms with van der Waals surface area (Å²) in [4.78, 5) is 30.9. The van der Waals surface area contributed by atoms with Crippen molar-refractivity contribution in [2.45, 2.75) is 6.92 Å². The number of anilines is 1. The number of aromatic nitrogens is 2. The van der Waals surface area contributed by atoms with E-state index >= 15 is 0 Å². The maximum Gasteiger partial charge on any atom is 0.261 e. The molecule has 5 nitrogen and oxygen atoms in total. The van der Waals surface area contributed by atoms with E-state index in [4.69, 9.17) is 0 Å². The fourth-order valence-corrected chi connectivity index (χ4v) is 2.60. The van der Waals surface area contributed by atoms with E-state index in [9.17, 15) is 9.59 Å². The van der Waals surface area contributed by atoms with E-state index in [1.54, 1.807) is 18.5 Å². The van der Waals surface area contributed by atoms with Crippen LogP contribution in [0.1, 0.15) is 16.1 Å². The average molecular weight is 285 g/mol. The predicted molar refractivity (Wildman–Crippen MR) is 79.4 cm³/mol. The SMILES string of the molecule is Cc1cc(=O)c(C(=O)Nc2ccc3ncsc3c2)c[nH]1. The van der Waals surface area contributed by atoms with E-state index in [2.05, 4.69) is 15.3 Å². The van der Waals surface area contributed by atoms with Gasteiger partial charge in [0.05, 0.1) is 15.7 Å². The Balaban J connectivity index is 1.89. The van der Waals surface area contributed by atoms with Gasteiger partial charge >= 0.3 is 0 Å². The Hall–Kier alpha value is -2.47. The zero-order chi connectivity index (χ0) is 14.1. The molecular weight excluding hydrogens is 274 g/mol. The van der Waals surface area contributed by atoms with Crippen LogP contribution in [0.15, 0.2) is 40.8 Å². The minimum Gasteiger partial charge on any atom is -0.364 e. The Morgan fingerprint density at radius 3 is 3.00 bits per heavy atom. The molecule has 6 heteroatoms. The van der Waals surface area contributed by atoms with E-state index in [0.29, 0.717) is 5.69 Å². The molecular formula is C14H11N3O2S. The molecule has 2 heterocycles. The number of fused-ring (bicyclic) bond motifs is 1. The molecule has 2 aromatic heterocycles. The van der Waals surface area contributed by atoms with Crippen LogP contribution in [0.3, 0.4) is 0 Å². The molecule has 0 fully saturated rings. The molecule has 0 aliphatic rings. The number of aryl methyl sites for hydroxylation is 1. The number of thiazole rings is 1. The smallest absolute Gasteiger partial charge is 0.261 e. The van der Waals surface area contributed by atoms with Crippen molar-refractivity contribution >= 4 is 33.1 Å². The van der Waals surface area contributed by atoms with Crippen LogP contribution < -0.4 is 10.7 Å². The van der Waals surface area contributed by atoms with Crippen LogP contribution in [0.25, 0.3) is 10.2 Å². The average Bonchev–Trinajstić information content (AvgIpc) is 2.85. The van der Waals surface area contributed by atoms with Gasteiger partial charge in [-0.2, -0.15) is 0 Å². The molecule has 1 aromatic carbocycles. The highest BCUT2D eigenvalue weighted by molar-refractivity contribution is 7.16. The van der Waals surface area contributed by atoms with E-state index in [-0.39, 0.29) is 11.0 Å². The van der Waals surface area contributed by atoms with Crippen LogP contribution >= 0.6 is 11.3 Å². The number of carbonyl (C=O) groups is 1. The first-order valence-corrected chi connectivity index (χ1v) is 6.85. The van der Waals surface area contributed by atoms with Gasteiger partial charge in [0.1, 0.15) is 5.56 Å². The summed E-state index contributed by atoms with van der Waals surface area (Å²) in [5.74, 6) is -0.421. The van der Waals surface area contributed by atoms with Gasteiger partial charge in [0.15, 0.2) is 5.43 Å². The second-order valence-electron chi connectivity index (χ2n) is 4.38. The lowest BCUT2D eigenvalue weighted by molar-refractivity contribution is 0.102. The first-order valence-electron chi connectivity index (χ1n) is 5.97. The zero-order valence-corrected chi connectivity index (χ0v) is 11.5. The van der Waals surface area contributed by atoms with Crippen LogP contribution in [0.5, 0.6) is 0 Å². The number of carbonyl (C=O) groups excluding carboxylic acids is 1. The van der Waals surface area contributed by atoms with Gasteiger partial charge in [0, 0.05) is 23.6 Å². The van der Waals surface area contributed by atoms with Gasteiger partial charge < -0.3 is 10.3 Å². The topological polar surface area (TPSA) is 74.8 Å². The number of hydrogen-bond donors (Lipinski definition) is 2. The van der Waals surface area contributed by atoms with Gasteiger partial charge in [-0.1, -0.05) is 0 Å². The summed E-state index contributed by atoms with van der Waals surface area (Å²) in [7, 11) is 0. The molecule has 0 atom stereocenters. The number of hydrogen-bond acceptors (Lipinski definition) is 4. The Morgan fingerprint density at radius 2 is 2.20 bits per heavy atom. The fraction of sp³-hybridized carbons (Fsp3) is 0.0714.